The first-order valence-corrected chi connectivity index (χ1v) is 5.12. The molecule has 2 heterocycles. The van der Waals surface area contributed by atoms with E-state index < -0.39 is 11.9 Å². The van der Waals surface area contributed by atoms with Crippen LogP contribution in [0.2, 0.25) is 0 Å². The van der Waals surface area contributed by atoms with Crippen molar-refractivity contribution >= 4 is 5.97 Å². The molecule has 0 aliphatic carbocycles. The van der Waals surface area contributed by atoms with E-state index in [0.29, 0.717) is 5.82 Å². The second-order valence-electron chi connectivity index (χ2n) is 3.87. The summed E-state index contributed by atoms with van der Waals surface area (Å²) in [7, 11) is 0. The number of tetrazole rings is 1. The number of carboxylic acid groups (broad SMARTS) is 1. The largest absolute Gasteiger partial charge is 0.481 e. The molecule has 0 aliphatic heterocycles. The van der Waals surface area contributed by atoms with Gasteiger partial charge in [-0.15, -0.1) is 5.10 Å². The van der Waals surface area contributed by atoms with Crippen LogP contribution in [-0.4, -0.2) is 31.3 Å². The number of hydrogen-bond donors (Lipinski definition) is 1. The maximum Gasteiger partial charge on any atom is 0.308 e. The molecule has 0 aromatic carbocycles. The number of furan rings is 1. The van der Waals surface area contributed by atoms with Crippen molar-refractivity contribution in [3.8, 4) is 11.4 Å². The maximum absolute atomic E-state index is 10.8. The topological polar surface area (TPSA) is 94.0 Å². The third kappa shape index (κ3) is 2.32. The van der Waals surface area contributed by atoms with E-state index >= 15 is 0 Å². The third-order valence-corrected chi connectivity index (χ3v) is 2.39. The van der Waals surface area contributed by atoms with E-state index in [1.54, 1.807) is 19.3 Å². The first-order valence-electron chi connectivity index (χ1n) is 5.12. The molecule has 2 aromatic heterocycles. The summed E-state index contributed by atoms with van der Waals surface area (Å²) >= 11 is 0. The minimum absolute atomic E-state index is 0.224. The molecule has 0 amide bonds. The second kappa shape index (κ2) is 4.36. The molecular weight excluding hydrogens is 224 g/mol. The number of carbonyl (C=O) groups is 1. The van der Waals surface area contributed by atoms with Gasteiger partial charge in [-0.25, -0.2) is 4.68 Å². The zero-order chi connectivity index (χ0) is 12.4. The van der Waals surface area contributed by atoms with Gasteiger partial charge in [-0.3, -0.25) is 4.79 Å². The van der Waals surface area contributed by atoms with Gasteiger partial charge >= 0.3 is 5.97 Å². The molecule has 0 bridgehead atoms. The van der Waals surface area contributed by atoms with Crippen molar-refractivity contribution in [2.24, 2.45) is 5.92 Å². The molecule has 1 N–H and O–H groups in total. The molecule has 0 fully saturated rings. The Balaban J connectivity index is 2.26. The standard InChI is InChI=1S/C10H12N4O3/c1-6(10(15)16)4-14-9(11-12-13-14)8-3-7(2)17-5-8/h3,5-6H,4H2,1-2H3,(H,15,16). The molecule has 0 saturated heterocycles. The van der Waals surface area contributed by atoms with Crippen LogP contribution in [0.15, 0.2) is 16.7 Å². The molecule has 7 heteroatoms. The predicted molar refractivity (Wildman–Crippen MR) is 57.1 cm³/mol. The van der Waals surface area contributed by atoms with Crippen molar-refractivity contribution < 1.29 is 14.3 Å². The highest BCUT2D eigenvalue weighted by Gasteiger charge is 2.17. The van der Waals surface area contributed by atoms with Crippen LogP contribution in [0.3, 0.4) is 0 Å². The Morgan fingerprint density at radius 1 is 1.65 bits per heavy atom. The number of aromatic nitrogens is 4. The van der Waals surface area contributed by atoms with Crippen molar-refractivity contribution in [1.29, 1.82) is 0 Å². The van der Waals surface area contributed by atoms with Gasteiger partial charge in [0.05, 0.1) is 18.0 Å². The lowest BCUT2D eigenvalue weighted by Gasteiger charge is -2.06. The Morgan fingerprint density at radius 2 is 2.41 bits per heavy atom. The van der Waals surface area contributed by atoms with Gasteiger partial charge in [-0.2, -0.15) is 0 Å². The Labute approximate surface area is 97.0 Å². The molecule has 90 valence electrons. The first-order chi connectivity index (χ1) is 8.08. The minimum Gasteiger partial charge on any atom is -0.481 e. The minimum atomic E-state index is -0.880. The zero-order valence-corrected chi connectivity index (χ0v) is 9.49. The summed E-state index contributed by atoms with van der Waals surface area (Å²) in [5.41, 5.74) is 0.741. The van der Waals surface area contributed by atoms with Crippen molar-refractivity contribution in [3.63, 3.8) is 0 Å². The SMILES string of the molecule is Cc1cc(-c2nnnn2CC(C)C(=O)O)co1. The number of hydrogen-bond acceptors (Lipinski definition) is 5. The lowest BCUT2D eigenvalue weighted by molar-refractivity contribution is -0.141. The molecule has 0 radical (unpaired) electrons. The molecule has 0 spiro atoms. The van der Waals surface area contributed by atoms with E-state index in [1.807, 2.05) is 6.92 Å². The molecule has 2 rings (SSSR count). The fraction of sp³-hybridized carbons (Fsp3) is 0.400. The van der Waals surface area contributed by atoms with Crippen LogP contribution in [0.5, 0.6) is 0 Å². The van der Waals surface area contributed by atoms with Crippen LogP contribution in [0.1, 0.15) is 12.7 Å². The van der Waals surface area contributed by atoms with Crippen LogP contribution in [0, 0.1) is 12.8 Å². The highest BCUT2D eigenvalue weighted by Crippen LogP contribution is 2.19. The van der Waals surface area contributed by atoms with Gasteiger partial charge < -0.3 is 9.52 Å². The second-order valence-corrected chi connectivity index (χ2v) is 3.87. The van der Waals surface area contributed by atoms with Gasteiger partial charge in [0.1, 0.15) is 12.0 Å². The average Bonchev–Trinajstić information content (AvgIpc) is 2.86. The summed E-state index contributed by atoms with van der Waals surface area (Å²) in [6.45, 7) is 3.65. The third-order valence-electron chi connectivity index (χ3n) is 2.39. The van der Waals surface area contributed by atoms with E-state index in [0.717, 1.165) is 11.3 Å². The summed E-state index contributed by atoms with van der Waals surface area (Å²) in [6, 6.07) is 1.80. The van der Waals surface area contributed by atoms with Crippen molar-refractivity contribution in [3.05, 3.63) is 18.1 Å². The van der Waals surface area contributed by atoms with E-state index in [-0.39, 0.29) is 6.54 Å². The highest BCUT2D eigenvalue weighted by molar-refractivity contribution is 5.69. The van der Waals surface area contributed by atoms with Crippen molar-refractivity contribution in [2.45, 2.75) is 20.4 Å². The zero-order valence-electron chi connectivity index (χ0n) is 9.49. The number of rotatable bonds is 4. The van der Waals surface area contributed by atoms with Gasteiger partial charge in [0, 0.05) is 0 Å². The van der Waals surface area contributed by atoms with Gasteiger partial charge in [0.15, 0.2) is 5.82 Å². The Hall–Kier alpha value is -2.18. The summed E-state index contributed by atoms with van der Waals surface area (Å²) in [4.78, 5) is 10.8. The highest BCUT2D eigenvalue weighted by atomic mass is 16.4. The molecule has 0 saturated carbocycles. The lowest BCUT2D eigenvalue weighted by Crippen LogP contribution is -2.18. The number of carboxylic acids is 1. The number of aliphatic carboxylic acids is 1. The average molecular weight is 236 g/mol. The molecule has 1 atom stereocenters. The molecule has 17 heavy (non-hydrogen) atoms. The summed E-state index contributed by atoms with van der Waals surface area (Å²) in [5.74, 6) is -0.171. The lowest BCUT2D eigenvalue weighted by atomic mass is 10.2. The van der Waals surface area contributed by atoms with E-state index in [1.165, 1.54) is 4.68 Å². The fourth-order valence-electron chi connectivity index (χ4n) is 1.43. The van der Waals surface area contributed by atoms with Crippen molar-refractivity contribution in [2.75, 3.05) is 0 Å². The Morgan fingerprint density at radius 3 is 3.00 bits per heavy atom. The van der Waals surface area contributed by atoms with Crippen molar-refractivity contribution in [1.82, 2.24) is 20.2 Å². The van der Waals surface area contributed by atoms with E-state index in [2.05, 4.69) is 15.5 Å². The van der Waals surface area contributed by atoms with Gasteiger partial charge in [-0.05, 0) is 23.4 Å². The van der Waals surface area contributed by atoms with Gasteiger partial charge in [0.2, 0.25) is 0 Å². The maximum atomic E-state index is 10.8. The quantitative estimate of drug-likeness (QED) is 0.849. The van der Waals surface area contributed by atoms with Crippen LogP contribution >= 0.6 is 0 Å². The molecule has 1 unspecified atom stereocenters. The first kappa shape index (κ1) is 11.3. The molecule has 2 aromatic rings. The van der Waals surface area contributed by atoms with Crippen LogP contribution in [-0.2, 0) is 11.3 Å². The van der Waals surface area contributed by atoms with Crippen LogP contribution in [0.25, 0.3) is 11.4 Å². The Bertz CT molecular complexity index is 531. The fourth-order valence-corrected chi connectivity index (χ4v) is 1.43. The van der Waals surface area contributed by atoms with E-state index in [9.17, 15) is 4.79 Å². The van der Waals surface area contributed by atoms with E-state index in [4.69, 9.17) is 9.52 Å². The normalized spacial score (nSPS) is 12.6. The van der Waals surface area contributed by atoms with Crippen LogP contribution in [0.4, 0.5) is 0 Å². The molecule has 7 nitrogen and oxygen atoms in total. The number of nitrogens with zero attached hydrogens (tertiary/aromatic N) is 4. The summed E-state index contributed by atoms with van der Waals surface area (Å²) < 4.78 is 6.63. The predicted octanol–water partition coefficient (Wildman–Crippen LogP) is 0.962. The smallest absolute Gasteiger partial charge is 0.308 e. The monoisotopic (exact) mass is 236 g/mol. The van der Waals surface area contributed by atoms with Gasteiger partial charge in [-0.1, -0.05) is 6.92 Å². The molecular formula is C10H12N4O3. The molecule has 0 aliphatic rings. The Kier molecular flexibility index (Phi) is 2.90. The summed E-state index contributed by atoms with van der Waals surface area (Å²) in [6.07, 6.45) is 1.54. The van der Waals surface area contributed by atoms with Gasteiger partial charge in [0.25, 0.3) is 0 Å². The summed E-state index contributed by atoms with van der Waals surface area (Å²) in [5, 5.41) is 20.0. The number of aryl methyl sites for hydroxylation is 1. The van der Waals surface area contributed by atoms with Crippen LogP contribution < -0.4 is 0 Å².